The molecule has 2 rings (SSSR count). The summed E-state index contributed by atoms with van der Waals surface area (Å²) < 4.78 is 0. The van der Waals surface area contributed by atoms with E-state index in [9.17, 15) is 10.1 Å². The average molecular weight is 261 g/mol. The zero-order valence-corrected chi connectivity index (χ0v) is 10.6. The summed E-state index contributed by atoms with van der Waals surface area (Å²) in [6, 6.07) is 2.81. The Hall–Kier alpha value is -2.44. The summed E-state index contributed by atoms with van der Waals surface area (Å²) in [6.45, 7) is 2.69. The van der Waals surface area contributed by atoms with Gasteiger partial charge in [0.05, 0.1) is 17.2 Å². The fourth-order valence-electron chi connectivity index (χ4n) is 1.75. The lowest BCUT2D eigenvalue weighted by Gasteiger charge is -2.04. The van der Waals surface area contributed by atoms with Gasteiger partial charge in [-0.15, -0.1) is 0 Å². The van der Waals surface area contributed by atoms with E-state index in [4.69, 9.17) is 0 Å². The Morgan fingerprint density at radius 1 is 1.53 bits per heavy atom. The van der Waals surface area contributed by atoms with Crippen molar-refractivity contribution in [2.24, 2.45) is 0 Å². The number of aryl methyl sites for hydroxylation is 2. The quantitative estimate of drug-likeness (QED) is 0.471. The van der Waals surface area contributed by atoms with Gasteiger partial charge in [-0.05, 0) is 25.3 Å². The third-order valence-corrected chi connectivity index (χ3v) is 2.82. The van der Waals surface area contributed by atoms with Crippen molar-refractivity contribution >= 4 is 11.5 Å². The normalized spacial score (nSPS) is 10.4. The summed E-state index contributed by atoms with van der Waals surface area (Å²) in [7, 11) is 0. The first-order chi connectivity index (χ1) is 9.16. The monoisotopic (exact) mass is 261 g/mol. The van der Waals surface area contributed by atoms with Crippen LogP contribution < -0.4 is 5.32 Å². The largest absolute Gasteiger partial charge is 0.370 e. The van der Waals surface area contributed by atoms with Gasteiger partial charge in [0.25, 0.3) is 5.69 Å². The molecule has 7 heteroatoms. The molecular weight excluding hydrogens is 246 g/mol. The Kier molecular flexibility index (Phi) is 4.07. The van der Waals surface area contributed by atoms with E-state index in [-0.39, 0.29) is 5.69 Å². The van der Waals surface area contributed by atoms with Crippen LogP contribution in [0.3, 0.4) is 0 Å². The fraction of sp³-hybridized carbons (Fsp3) is 0.333. The molecule has 0 saturated carbocycles. The van der Waals surface area contributed by atoms with E-state index in [0.29, 0.717) is 12.4 Å². The average Bonchev–Trinajstić information content (AvgIpc) is 2.81. The van der Waals surface area contributed by atoms with Crippen molar-refractivity contribution in [3.05, 3.63) is 45.9 Å². The van der Waals surface area contributed by atoms with E-state index < -0.39 is 4.92 Å². The molecule has 0 spiro atoms. The van der Waals surface area contributed by atoms with Gasteiger partial charge in [0.1, 0.15) is 5.82 Å². The van der Waals surface area contributed by atoms with Crippen molar-refractivity contribution in [3.8, 4) is 0 Å². The first-order valence-electron chi connectivity index (χ1n) is 6.00. The van der Waals surface area contributed by atoms with Gasteiger partial charge in [-0.3, -0.25) is 15.2 Å². The summed E-state index contributed by atoms with van der Waals surface area (Å²) in [5, 5.41) is 20.5. The molecule has 0 radical (unpaired) electrons. The highest BCUT2D eigenvalue weighted by atomic mass is 16.6. The van der Waals surface area contributed by atoms with Gasteiger partial charge in [0.2, 0.25) is 0 Å². The molecule has 0 unspecified atom stereocenters. The Balaban J connectivity index is 1.81. The summed E-state index contributed by atoms with van der Waals surface area (Å²) >= 11 is 0. The van der Waals surface area contributed by atoms with Gasteiger partial charge in [-0.1, -0.05) is 0 Å². The van der Waals surface area contributed by atoms with Crippen LogP contribution in [0.2, 0.25) is 0 Å². The molecule has 19 heavy (non-hydrogen) atoms. The maximum atomic E-state index is 10.6. The number of hydrogen-bond donors (Lipinski definition) is 2. The first-order valence-corrected chi connectivity index (χ1v) is 6.00. The first kappa shape index (κ1) is 13.0. The van der Waals surface area contributed by atoms with Crippen LogP contribution in [0.1, 0.15) is 17.7 Å². The van der Waals surface area contributed by atoms with Crippen molar-refractivity contribution in [1.29, 1.82) is 0 Å². The molecule has 2 aromatic heterocycles. The van der Waals surface area contributed by atoms with Gasteiger partial charge >= 0.3 is 0 Å². The van der Waals surface area contributed by atoms with Gasteiger partial charge < -0.3 is 5.32 Å². The third kappa shape index (κ3) is 3.51. The summed E-state index contributed by atoms with van der Waals surface area (Å²) in [6.07, 6.45) is 5.07. The number of pyridine rings is 1. The number of nitro groups is 1. The third-order valence-electron chi connectivity index (χ3n) is 2.82. The van der Waals surface area contributed by atoms with Crippen LogP contribution in [0, 0.1) is 17.0 Å². The molecule has 2 aromatic rings. The van der Waals surface area contributed by atoms with Gasteiger partial charge in [0.15, 0.2) is 0 Å². The molecule has 100 valence electrons. The van der Waals surface area contributed by atoms with Crippen molar-refractivity contribution in [1.82, 2.24) is 15.2 Å². The second-order valence-corrected chi connectivity index (χ2v) is 4.21. The van der Waals surface area contributed by atoms with Crippen LogP contribution >= 0.6 is 0 Å². The molecule has 0 bridgehead atoms. The maximum Gasteiger partial charge on any atom is 0.274 e. The van der Waals surface area contributed by atoms with Crippen LogP contribution in [0.4, 0.5) is 11.5 Å². The number of rotatable bonds is 6. The minimum atomic E-state index is -0.429. The predicted molar refractivity (Wildman–Crippen MR) is 71.0 cm³/mol. The van der Waals surface area contributed by atoms with Crippen molar-refractivity contribution in [2.45, 2.75) is 19.8 Å². The van der Waals surface area contributed by atoms with Crippen molar-refractivity contribution < 1.29 is 4.92 Å². The molecule has 0 atom stereocenters. The zero-order chi connectivity index (χ0) is 13.7. The summed E-state index contributed by atoms with van der Waals surface area (Å²) in [5.41, 5.74) is 2.31. The lowest BCUT2D eigenvalue weighted by Crippen LogP contribution is -2.05. The van der Waals surface area contributed by atoms with Crippen LogP contribution in [-0.4, -0.2) is 26.6 Å². The molecule has 0 amide bonds. The Labute approximate surface area is 110 Å². The van der Waals surface area contributed by atoms with Gasteiger partial charge in [-0.2, -0.15) is 5.10 Å². The molecule has 2 N–H and O–H groups in total. The minimum absolute atomic E-state index is 0.0446. The molecule has 0 aromatic carbocycles. The van der Waals surface area contributed by atoms with Crippen LogP contribution in [0.5, 0.6) is 0 Å². The van der Waals surface area contributed by atoms with E-state index in [1.54, 1.807) is 0 Å². The topological polar surface area (TPSA) is 96.7 Å². The maximum absolute atomic E-state index is 10.6. The number of nitrogens with one attached hydrogen (secondary N) is 2. The molecule has 0 aliphatic heterocycles. The lowest BCUT2D eigenvalue weighted by atomic mass is 10.1. The highest BCUT2D eigenvalue weighted by Gasteiger charge is 2.06. The second kappa shape index (κ2) is 5.94. The highest BCUT2D eigenvalue weighted by molar-refractivity contribution is 5.44. The van der Waals surface area contributed by atoms with E-state index >= 15 is 0 Å². The summed E-state index contributed by atoms with van der Waals surface area (Å²) in [4.78, 5) is 14.2. The van der Waals surface area contributed by atoms with Crippen molar-refractivity contribution in [3.63, 3.8) is 0 Å². The number of hydrogen-bond acceptors (Lipinski definition) is 5. The zero-order valence-electron chi connectivity index (χ0n) is 10.6. The Morgan fingerprint density at radius 3 is 3.05 bits per heavy atom. The second-order valence-electron chi connectivity index (χ2n) is 4.21. The number of nitrogens with zero attached hydrogens (tertiary/aromatic N) is 3. The molecule has 2 heterocycles. The predicted octanol–water partition coefficient (Wildman–Crippen LogP) is 2.07. The standard InChI is InChI=1S/C12H15N5O2/c1-9-10(8-15-16-9)3-2-5-13-12-7-11(17(18)19)4-6-14-12/h4,6-8H,2-3,5H2,1H3,(H,13,14)(H,15,16). The van der Waals surface area contributed by atoms with E-state index in [1.165, 1.54) is 23.9 Å². The number of anilines is 1. The lowest BCUT2D eigenvalue weighted by molar-refractivity contribution is -0.384. The highest BCUT2D eigenvalue weighted by Crippen LogP contribution is 2.14. The molecule has 0 saturated heterocycles. The SMILES string of the molecule is Cc1[nH]ncc1CCCNc1cc([N+](=O)[O-])ccn1. The van der Waals surface area contributed by atoms with Crippen LogP contribution in [0.15, 0.2) is 24.5 Å². The van der Waals surface area contributed by atoms with E-state index in [1.807, 2.05) is 13.1 Å². The van der Waals surface area contributed by atoms with Gasteiger partial charge in [-0.25, -0.2) is 4.98 Å². The molecule has 0 aliphatic rings. The number of H-pyrrole nitrogens is 1. The van der Waals surface area contributed by atoms with Crippen LogP contribution in [-0.2, 0) is 6.42 Å². The Bertz CT molecular complexity index is 567. The molecule has 0 fully saturated rings. The molecule has 7 nitrogen and oxygen atoms in total. The minimum Gasteiger partial charge on any atom is -0.370 e. The summed E-state index contributed by atoms with van der Waals surface area (Å²) in [5.74, 6) is 0.526. The van der Waals surface area contributed by atoms with Crippen LogP contribution in [0.25, 0.3) is 0 Å². The smallest absolute Gasteiger partial charge is 0.274 e. The van der Waals surface area contributed by atoms with Crippen molar-refractivity contribution in [2.75, 3.05) is 11.9 Å². The Morgan fingerprint density at radius 2 is 2.37 bits per heavy atom. The number of aromatic nitrogens is 3. The molecule has 0 aliphatic carbocycles. The molecular formula is C12H15N5O2. The number of aromatic amines is 1. The fourth-order valence-corrected chi connectivity index (χ4v) is 1.75. The van der Waals surface area contributed by atoms with Gasteiger partial charge in [0, 0.05) is 24.5 Å². The van der Waals surface area contributed by atoms with E-state index in [2.05, 4.69) is 20.5 Å². The van der Waals surface area contributed by atoms with E-state index in [0.717, 1.165) is 18.5 Å².